The minimum absolute atomic E-state index is 0.0938. The van der Waals surface area contributed by atoms with E-state index in [0.717, 1.165) is 17.3 Å². The van der Waals surface area contributed by atoms with Gasteiger partial charge in [0.05, 0.1) is 24.3 Å². The Morgan fingerprint density at radius 2 is 2.10 bits per heavy atom. The number of para-hydroxylation sites is 1. The van der Waals surface area contributed by atoms with Crippen LogP contribution in [-0.4, -0.2) is 32.3 Å². The molecule has 1 aromatic heterocycles. The lowest BCUT2D eigenvalue weighted by molar-refractivity contribution is -0.136. The largest absolute Gasteiger partial charge is 0.481 e. The van der Waals surface area contributed by atoms with Crippen molar-refractivity contribution in [1.29, 1.82) is 0 Å². The fraction of sp³-hybridized carbons (Fsp3) is 0.231. The van der Waals surface area contributed by atoms with Crippen LogP contribution in [0.15, 0.2) is 30.5 Å². The summed E-state index contributed by atoms with van der Waals surface area (Å²) in [6.45, 7) is 1.96. The van der Waals surface area contributed by atoms with Gasteiger partial charge in [-0.1, -0.05) is 18.2 Å². The predicted octanol–water partition coefficient (Wildman–Crippen LogP) is 1.97. The van der Waals surface area contributed by atoms with Crippen LogP contribution in [0.4, 0.5) is 5.69 Å². The lowest BCUT2D eigenvalue weighted by atomic mass is 10.1. The highest BCUT2D eigenvalue weighted by molar-refractivity contribution is 6.99. The lowest BCUT2D eigenvalue weighted by Crippen LogP contribution is -2.33. The van der Waals surface area contributed by atoms with E-state index in [9.17, 15) is 9.59 Å². The van der Waals surface area contributed by atoms with Crippen LogP contribution in [0.1, 0.15) is 22.5 Å². The van der Waals surface area contributed by atoms with E-state index in [1.165, 1.54) is 11.1 Å². The molecule has 104 valence electrons. The summed E-state index contributed by atoms with van der Waals surface area (Å²) in [4.78, 5) is 24.6. The van der Waals surface area contributed by atoms with Gasteiger partial charge in [0.1, 0.15) is 0 Å². The van der Waals surface area contributed by atoms with Crippen molar-refractivity contribution in [3.8, 4) is 0 Å². The zero-order valence-electron chi connectivity index (χ0n) is 10.8. The highest BCUT2D eigenvalue weighted by Gasteiger charge is 2.21. The summed E-state index contributed by atoms with van der Waals surface area (Å²) in [7, 11) is 0. The number of hydrogen-bond donors (Lipinski definition) is 1. The van der Waals surface area contributed by atoms with E-state index < -0.39 is 5.97 Å². The number of aromatic nitrogens is 2. The summed E-state index contributed by atoms with van der Waals surface area (Å²) in [5, 5.41) is 8.83. The molecule has 7 heteroatoms. The maximum atomic E-state index is 12.4. The fourth-order valence-corrected chi connectivity index (χ4v) is 2.21. The van der Waals surface area contributed by atoms with Gasteiger partial charge in [0.15, 0.2) is 5.69 Å². The number of carbonyl (C=O) groups excluding carboxylic acids is 1. The molecule has 0 bridgehead atoms. The maximum absolute atomic E-state index is 12.4. The van der Waals surface area contributed by atoms with Gasteiger partial charge in [-0.2, -0.15) is 8.75 Å². The Morgan fingerprint density at radius 1 is 1.35 bits per heavy atom. The summed E-state index contributed by atoms with van der Waals surface area (Å²) in [6, 6.07) is 7.33. The molecule has 0 saturated heterocycles. The molecule has 20 heavy (non-hydrogen) atoms. The molecule has 6 nitrogen and oxygen atoms in total. The van der Waals surface area contributed by atoms with E-state index in [0.29, 0.717) is 5.69 Å². The van der Waals surface area contributed by atoms with Gasteiger partial charge in [-0.3, -0.25) is 9.59 Å². The number of amides is 1. The van der Waals surface area contributed by atoms with Crippen LogP contribution in [-0.2, 0) is 4.79 Å². The molecule has 0 saturated carbocycles. The lowest BCUT2D eigenvalue weighted by Gasteiger charge is -2.22. The minimum Gasteiger partial charge on any atom is -0.481 e. The third-order valence-corrected chi connectivity index (χ3v) is 3.26. The monoisotopic (exact) mass is 291 g/mol. The Morgan fingerprint density at radius 3 is 2.70 bits per heavy atom. The van der Waals surface area contributed by atoms with Crippen LogP contribution < -0.4 is 4.90 Å². The molecular weight excluding hydrogens is 278 g/mol. The number of nitrogens with zero attached hydrogens (tertiary/aromatic N) is 3. The molecule has 0 unspecified atom stereocenters. The minimum atomic E-state index is -0.951. The molecule has 1 heterocycles. The molecular formula is C13H13N3O3S. The van der Waals surface area contributed by atoms with Crippen molar-refractivity contribution in [1.82, 2.24) is 8.75 Å². The van der Waals surface area contributed by atoms with Gasteiger partial charge < -0.3 is 10.0 Å². The van der Waals surface area contributed by atoms with Gasteiger partial charge in [-0.15, -0.1) is 0 Å². The van der Waals surface area contributed by atoms with Crippen molar-refractivity contribution in [3.63, 3.8) is 0 Å². The molecule has 2 rings (SSSR count). The standard InChI is InChI=1S/C13H13N3O3S/c1-9-4-2-3-5-11(9)16(7-6-12(17)18)13(19)10-8-14-20-15-10/h2-5,8H,6-7H2,1H3,(H,17,18). The van der Waals surface area contributed by atoms with Gasteiger partial charge in [0.25, 0.3) is 5.91 Å². The molecule has 1 amide bonds. The first-order valence-electron chi connectivity index (χ1n) is 5.96. The molecule has 0 aliphatic carbocycles. The molecule has 0 radical (unpaired) electrons. The zero-order valence-corrected chi connectivity index (χ0v) is 11.6. The molecule has 0 atom stereocenters. The quantitative estimate of drug-likeness (QED) is 0.910. The van der Waals surface area contributed by atoms with Gasteiger partial charge >= 0.3 is 5.97 Å². The number of rotatable bonds is 5. The summed E-state index contributed by atoms with van der Waals surface area (Å²) >= 11 is 0.945. The van der Waals surface area contributed by atoms with Crippen molar-refractivity contribution >= 4 is 29.3 Å². The Labute approximate surface area is 120 Å². The van der Waals surface area contributed by atoms with Gasteiger partial charge in [-0.25, -0.2) is 0 Å². The summed E-state index contributed by atoms with van der Waals surface area (Å²) < 4.78 is 7.71. The third kappa shape index (κ3) is 3.18. The molecule has 0 fully saturated rings. The third-order valence-electron chi connectivity index (χ3n) is 2.78. The second-order valence-electron chi connectivity index (χ2n) is 4.18. The molecule has 1 aromatic carbocycles. The van der Waals surface area contributed by atoms with Gasteiger partial charge in [-0.05, 0) is 18.6 Å². The van der Waals surface area contributed by atoms with E-state index in [1.54, 1.807) is 6.07 Å². The topological polar surface area (TPSA) is 83.4 Å². The zero-order chi connectivity index (χ0) is 14.5. The van der Waals surface area contributed by atoms with Gasteiger partial charge in [0, 0.05) is 12.2 Å². The van der Waals surface area contributed by atoms with Crippen molar-refractivity contribution in [3.05, 3.63) is 41.7 Å². The first kappa shape index (κ1) is 14.1. The van der Waals surface area contributed by atoms with Crippen LogP contribution >= 0.6 is 11.7 Å². The predicted molar refractivity (Wildman–Crippen MR) is 75.0 cm³/mol. The summed E-state index contributed by atoms with van der Waals surface area (Å²) in [6.07, 6.45) is 1.26. The number of carboxylic acids is 1. The average Bonchev–Trinajstić information content (AvgIpc) is 2.94. The number of anilines is 1. The van der Waals surface area contributed by atoms with Crippen LogP contribution in [0.3, 0.4) is 0 Å². The van der Waals surface area contributed by atoms with Crippen molar-refractivity contribution < 1.29 is 14.7 Å². The average molecular weight is 291 g/mol. The smallest absolute Gasteiger partial charge is 0.305 e. The summed E-state index contributed by atoms with van der Waals surface area (Å²) in [5.74, 6) is -1.29. The second kappa shape index (κ2) is 6.25. The number of carbonyl (C=O) groups is 2. The van der Waals surface area contributed by atoms with Crippen LogP contribution in [0.25, 0.3) is 0 Å². The van der Waals surface area contributed by atoms with Crippen molar-refractivity contribution in [2.24, 2.45) is 0 Å². The normalized spacial score (nSPS) is 10.2. The van der Waals surface area contributed by atoms with Crippen LogP contribution in [0.5, 0.6) is 0 Å². The van der Waals surface area contributed by atoms with Crippen molar-refractivity contribution in [2.45, 2.75) is 13.3 Å². The molecule has 1 N–H and O–H groups in total. The SMILES string of the molecule is Cc1ccccc1N(CCC(=O)O)C(=O)c1cnsn1. The second-order valence-corrected chi connectivity index (χ2v) is 4.74. The molecule has 0 aliphatic rings. The van der Waals surface area contributed by atoms with Crippen LogP contribution in [0, 0.1) is 6.92 Å². The van der Waals surface area contributed by atoms with E-state index in [1.807, 2.05) is 25.1 Å². The first-order valence-corrected chi connectivity index (χ1v) is 6.69. The Bertz CT molecular complexity index is 613. The number of hydrogen-bond acceptors (Lipinski definition) is 5. The highest BCUT2D eigenvalue weighted by atomic mass is 32.1. The molecule has 2 aromatic rings. The van der Waals surface area contributed by atoms with E-state index in [4.69, 9.17) is 5.11 Å². The van der Waals surface area contributed by atoms with Gasteiger partial charge in [0.2, 0.25) is 0 Å². The number of aryl methyl sites for hydroxylation is 1. The van der Waals surface area contributed by atoms with Crippen LogP contribution in [0.2, 0.25) is 0 Å². The van der Waals surface area contributed by atoms with Crippen molar-refractivity contribution in [2.75, 3.05) is 11.4 Å². The number of carboxylic acid groups (broad SMARTS) is 1. The van der Waals surface area contributed by atoms with E-state index in [2.05, 4.69) is 8.75 Å². The Balaban J connectivity index is 2.32. The Kier molecular flexibility index (Phi) is 4.41. The maximum Gasteiger partial charge on any atom is 0.305 e. The fourth-order valence-electron chi connectivity index (χ4n) is 1.80. The number of benzene rings is 1. The first-order chi connectivity index (χ1) is 9.59. The Hall–Kier alpha value is -2.28. The number of aliphatic carboxylic acids is 1. The highest BCUT2D eigenvalue weighted by Crippen LogP contribution is 2.21. The molecule has 0 spiro atoms. The summed E-state index contributed by atoms with van der Waals surface area (Å²) in [5.41, 5.74) is 1.81. The van der Waals surface area contributed by atoms with E-state index >= 15 is 0 Å². The van der Waals surface area contributed by atoms with E-state index in [-0.39, 0.29) is 24.6 Å². The molecule has 0 aliphatic heterocycles.